The number of nitrogens with one attached hydrogen (secondary N) is 1. The summed E-state index contributed by atoms with van der Waals surface area (Å²) < 4.78 is 9.49. The Bertz CT molecular complexity index is 437. The van der Waals surface area contributed by atoms with Crippen molar-refractivity contribution in [3.63, 3.8) is 0 Å². The standard InChI is InChI=1S/C10H16N4O4S/c1-6-13-14-10(18-6)12-8(15)5-19-4-3-7(11)9(16)17-2/h7H,3-5,11H2,1-2H3,(H,12,14,15). The van der Waals surface area contributed by atoms with Crippen molar-refractivity contribution in [2.24, 2.45) is 5.73 Å². The molecule has 106 valence electrons. The number of ether oxygens (including phenoxy) is 1. The minimum Gasteiger partial charge on any atom is -0.468 e. The first-order valence-corrected chi connectivity index (χ1v) is 6.69. The molecule has 0 bridgehead atoms. The molecule has 0 radical (unpaired) electrons. The number of nitrogens with two attached hydrogens (primary N) is 1. The van der Waals surface area contributed by atoms with Crippen LogP contribution in [0.5, 0.6) is 0 Å². The molecule has 1 atom stereocenters. The van der Waals surface area contributed by atoms with Crippen LogP contribution >= 0.6 is 11.8 Å². The number of hydrogen-bond acceptors (Lipinski definition) is 8. The maximum atomic E-state index is 11.5. The molecule has 1 unspecified atom stereocenters. The number of nitrogens with zero attached hydrogens (tertiary/aromatic N) is 2. The fraction of sp³-hybridized carbons (Fsp3) is 0.600. The van der Waals surface area contributed by atoms with Gasteiger partial charge in [0.05, 0.1) is 12.9 Å². The number of aromatic nitrogens is 2. The molecule has 1 heterocycles. The van der Waals surface area contributed by atoms with Crippen molar-refractivity contribution in [2.45, 2.75) is 19.4 Å². The first-order chi connectivity index (χ1) is 9.02. The van der Waals surface area contributed by atoms with Crippen LogP contribution in [0.15, 0.2) is 4.42 Å². The summed E-state index contributed by atoms with van der Waals surface area (Å²) in [7, 11) is 1.29. The molecular weight excluding hydrogens is 272 g/mol. The maximum absolute atomic E-state index is 11.5. The minimum atomic E-state index is -0.654. The zero-order valence-corrected chi connectivity index (χ0v) is 11.5. The maximum Gasteiger partial charge on any atom is 0.322 e. The molecule has 0 saturated heterocycles. The third-order valence-electron chi connectivity index (χ3n) is 2.08. The Morgan fingerprint density at radius 3 is 2.84 bits per heavy atom. The van der Waals surface area contributed by atoms with Crippen molar-refractivity contribution in [3.05, 3.63) is 5.89 Å². The molecule has 9 heteroatoms. The predicted octanol–water partition coefficient (Wildman–Crippen LogP) is -0.0599. The summed E-state index contributed by atoms with van der Waals surface area (Å²) in [5, 5.41) is 9.68. The lowest BCUT2D eigenvalue weighted by Crippen LogP contribution is -2.32. The number of anilines is 1. The summed E-state index contributed by atoms with van der Waals surface area (Å²) in [6.45, 7) is 1.63. The smallest absolute Gasteiger partial charge is 0.322 e. The molecule has 8 nitrogen and oxygen atoms in total. The van der Waals surface area contributed by atoms with Gasteiger partial charge < -0.3 is 14.9 Å². The number of amides is 1. The molecule has 1 amide bonds. The summed E-state index contributed by atoms with van der Waals surface area (Å²) in [6, 6.07) is -0.575. The van der Waals surface area contributed by atoms with Crippen molar-refractivity contribution in [1.82, 2.24) is 10.2 Å². The summed E-state index contributed by atoms with van der Waals surface area (Å²) in [4.78, 5) is 22.5. The molecule has 1 rings (SSSR count). The van der Waals surface area contributed by atoms with E-state index in [0.29, 0.717) is 18.1 Å². The second kappa shape index (κ2) is 7.74. The molecule has 0 aliphatic heterocycles. The van der Waals surface area contributed by atoms with E-state index in [0.717, 1.165) is 0 Å². The number of hydrogen-bond donors (Lipinski definition) is 2. The van der Waals surface area contributed by atoms with Crippen molar-refractivity contribution in [3.8, 4) is 0 Å². The quantitative estimate of drug-likeness (QED) is 0.529. The first-order valence-electron chi connectivity index (χ1n) is 5.54. The van der Waals surface area contributed by atoms with Crippen molar-refractivity contribution >= 4 is 29.7 Å². The number of thioether (sulfide) groups is 1. The number of esters is 1. The van der Waals surface area contributed by atoms with Crippen molar-refractivity contribution < 1.29 is 18.7 Å². The van der Waals surface area contributed by atoms with Gasteiger partial charge in [0.1, 0.15) is 6.04 Å². The highest BCUT2D eigenvalue weighted by atomic mass is 32.2. The van der Waals surface area contributed by atoms with Crippen LogP contribution in [0.1, 0.15) is 12.3 Å². The van der Waals surface area contributed by atoms with Gasteiger partial charge in [0.2, 0.25) is 11.8 Å². The Morgan fingerprint density at radius 1 is 1.53 bits per heavy atom. The Labute approximate surface area is 114 Å². The number of carbonyl (C=O) groups is 2. The normalized spacial score (nSPS) is 11.9. The average Bonchev–Trinajstić information content (AvgIpc) is 2.78. The largest absolute Gasteiger partial charge is 0.468 e. The van der Waals surface area contributed by atoms with Crippen LogP contribution in [0.25, 0.3) is 0 Å². The number of carbonyl (C=O) groups excluding carboxylic acids is 2. The summed E-state index contributed by atoms with van der Waals surface area (Å²) >= 11 is 1.35. The van der Waals surface area contributed by atoms with E-state index in [4.69, 9.17) is 10.2 Å². The van der Waals surface area contributed by atoms with E-state index in [9.17, 15) is 9.59 Å². The topological polar surface area (TPSA) is 120 Å². The van der Waals surface area contributed by atoms with Crippen LogP contribution in [0.2, 0.25) is 0 Å². The third kappa shape index (κ3) is 5.71. The van der Waals surface area contributed by atoms with Gasteiger partial charge in [-0.1, -0.05) is 5.10 Å². The highest BCUT2D eigenvalue weighted by molar-refractivity contribution is 7.99. The van der Waals surface area contributed by atoms with E-state index in [1.165, 1.54) is 18.9 Å². The van der Waals surface area contributed by atoms with Crippen LogP contribution in [0, 0.1) is 6.92 Å². The highest BCUT2D eigenvalue weighted by Gasteiger charge is 2.13. The van der Waals surface area contributed by atoms with Gasteiger partial charge >= 0.3 is 12.0 Å². The fourth-order valence-electron chi connectivity index (χ4n) is 1.15. The first kappa shape index (κ1) is 15.4. The van der Waals surface area contributed by atoms with Gasteiger partial charge in [-0.3, -0.25) is 14.9 Å². The van der Waals surface area contributed by atoms with Crippen molar-refractivity contribution in [1.29, 1.82) is 0 Å². The number of rotatable bonds is 7. The van der Waals surface area contributed by atoms with Crippen LogP contribution in [-0.4, -0.2) is 46.7 Å². The molecule has 19 heavy (non-hydrogen) atoms. The van der Waals surface area contributed by atoms with Gasteiger partial charge in [-0.2, -0.15) is 11.8 Å². The van der Waals surface area contributed by atoms with E-state index in [-0.39, 0.29) is 17.7 Å². The Kier molecular flexibility index (Phi) is 6.30. The molecule has 0 aliphatic carbocycles. The second-order valence-electron chi connectivity index (χ2n) is 3.65. The van der Waals surface area contributed by atoms with Crippen molar-refractivity contribution in [2.75, 3.05) is 23.9 Å². The summed E-state index contributed by atoms with van der Waals surface area (Å²) in [6.07, 6.45) is 0.449. The summed E-state index contributed by atoms with van der Waals surface area (Å²) in [5.41, 5.74) is 5.55. The molecule has 1 aromatic heterocycles. The number of aryl methyl sites for hydroxylation is 1. The van der Waals surface area contributed by atoms with Gasteiger partial charge in [-0.05, 0) is 12.2 Å². The van der Waals surface area contributed by atoms with Crippen LogP contribution in [0.3, 0.4) is 0 Å². The van der Waals surface area contributed by atoms with Gasteiger partial charge in [-0.15, -0.1) is 5.10 Å². The third-order valence-corrected chi connectivity index (χ3v) is 3.07. The molecular formula is C10H16N4O4S. The van der Waals surface area contributed by atoms with Crippen LogP contribution in [-0.2, 0) is 14.3 Å². The monoisotopic (exact) mass is 288 g/mol. The van der Waals surface area contributed by atoms with Gasteiger partial charge in [0.15, 0.2) is 0 Å². The molecule has 3 N–H and O–H groups in total. The molecule has 0 fully saturated rings. The molecule has 0 spiro atoms. The van der Waals surface area contributed by atoms with Gasteiger partial charge in [0, 0.05) is 6.92 Å². The van der Waals surface area contributed by atoms with E-state index in [1.807, 2.05) is 0 Å². The summed E-state index contributed by atoms with van der Waals surface area (Å²) in [5.74, 6) is 0.473. The second-order valence-corrected chi connectivity index (χ2v) is 4.75. The van der Waals surface area contributed by atoms with Gasteiger partial charge in [0.25, 0.3) is 0 Å². The van der Waals surface area contributed by atoms with Crippen LogP contribution < -0.4 is 11.1 Å². The van der Waals surface area contributed by atoms with E-state index < -0.39 is 12.0 Å². The predicted molar refractivity (Wildman–Crippen MR) is 69.6 cm³/mol. The highest BCUT2D eigenvalue weighted by Crippen LogP contribution is 2.08. The van der Waals surface area contributed by atoms with Crippen LogP contribution in [0.4, 0.5) is 6.01 Å². The Balaban J connectivity index is 2.15. The fourth-order valence-corrected chi connectivity index (χ4v) is 1.97. The van der Waals surface area contributed by atoms with E-state index >= 15 is 0 Å². The molecule has 0 aromatic carbocycles. The minimum absolute atomic E-state index is 0.0781. The Hall–Kier alpha value is -1.61. The zero-order chi connectivity index (χ0) is 14.3. The lowest BCUT2D eigenvalue weighted by Gasteiger charge is -2.08. The SMILES string of the molecule is COC(=O)C(N)CCSCC(=O)Nc1nnc(C)o1. The molecule has 1 aromatic rings. The lowest BCUT2D eigenvalue weighted by atomic mass is 10.2. The lowest BCUT2D eigenvalue weighted by molar-refractivity contribution is -0.142. The van der Waals surface area contributed by atoms with E-state index in [1.54, 1.807) is 6.92 Å². The molecule has 0 aliphatic rings. The zero-order valence-electron chi connectivity index (χ0n) is 10.7. The number of methoxy groups -OCH3 is 1. The van der Waals surface area contributed by atoms with Gasteiger partial charge in [-0.25, -0.2) is 0 Å². The average molecular weight is 288 g/mol. The molecule has 0 saturated carbocycles. The van der Waals surface area contributed by atoms with E-state index in [2.05, 4.69) is 20.3 Å². The Morgan fingerprint density at radius 2 is 2.26 bits per heavy atom.